The number of likely N-dealkylation sites (tertiary alicyclic amines) is 1. The number of aromatic hydroxyl groups is 1. The maximum absolute atomic E-state index is 12.1. The van der Waals surface area contributed by atoms with Crippen molar-refractivity contribution in [3.63, 3.8) is 0 Å². The third kappa shape index (κ3) is 8.73. The molecule has 7 heteroatoms. The Hall–Kier alpha value is -2.28. The van der Waals surface area contributed by atoms with Crippen LogP contribution in [0.3, 0.4) is 0 Å². The molecule has 0 aromatic heterocycles. The third-order valence-corrected chi connectivity index (χ3v) is 4.89. The first kappa shape index (κ1) is 23.0. The summed E-state index contributed by atoms with van der Waals surface area (Å²) in [5.74, 6) is 1.49. The number of carbonyl (C=O) groups is 1. The van der Waals surface area contributed by atoms with Gasteiger partial charge >= 0.3 is 0 Å². The number of aliphatic imine (C=N–C) groups is 1. The van der Waals surface area contributed by atoms with Crippen LogP contribution in [-0.4, -0.2) is 67.2 Å². The molecule has 1 amide bonds. The van der Waals surface area contributed by atoms with Crippen molar-refractivity contribution in [3.8, 4) is 5.75 Å². The van der Waals surface area contributed by atoms with Crippen LogP contribution >= 0.6 is 0 Å². The van der Waals surface area contributed by atoms with Gasteiger partial charge in [-0.1, -0.05) is 19.9 Å². The van der Waals surface area contributed by atoms with Gasteiger partial charge in [-0.05, 0) is 50.3 Å². The number of carbonyl (C=O) groups excluding carboxylic acids is 1. The second kappa shape index (κ2) is 12.3. The van der Waals surface area contributed by atoms with E-state index in [4.69, 9.17) is 0 Å². The van der Waals surface area contributed by atoms with Crippen molar-refractivity contribution >= 4 is 11.9 Å². The Labute approximate surface area is 175 Å². The number of piperidine rings is 1. The number of hydrogen-bond acceptors (Lipinski definition) is 4. The van der Waals surface area contributed by atoms with Crippen LogP contribution in [0.15, 0.2) is 29.3 Å². The molecule has 1 heterocycles. The van der Waals surface area contributed by atoms with E-state index in [1.165, 1.54) is 12.6 Å². The molecule has 1 aromatic carbocycles. The van der Waals surface area contributed by atoms with Crippen LogP contribution in [0, 0.1) is 5.92 Å². The molecule has 1 aliphatic heterocycles. The summed E-state index contributed by atoms with van der Waals surface area (Å²) in [6.07, 6.45) is 3.03. The lowest BCUT2D eigenvalue weighted by Gasteiger charge is -2.34. The summed E-state index contributed by atoms with van der Waals surface area (Å²) in [5, 5.41) is 19.2. The van der Waals surface area contributed by atoms with Gasteiger partial charge < -0.3 is 26.0 Å². The van der Waals surface area contributed by atoms with E-state index in [0.717, 1.165) is 44.9 Å². The Morgan fingerprint density at radius 1 is 1.28 bits per heavy atom. The molecule has 1 fully saturated rings. The summed E-state index contributed by atoms with van der Waals surface area (Å²) in [6, 6.07) is 6.83. The fraction of sp³-hybridized carbons (Fsp3) is 0.636. The average Bonchev–Trinajstić information content (AvgIpc) is 2.68. The predicted molar refractivity (Wildman–Crippen MR) is 118 cm³/mol. The molecule has 0 radical (unpaired) electrons. The molecule has 1 aliphatic rings. The first-order chi connectivity index (χ1) is 14.0. The number of phenols is 1. The SMILES string of the molecule is CCNC(=NCCCNC(=O)c1cccc(O)c1)NC1CCN(CC(C)C)CC1. The first-order valence-corrected chi connectivity index (χ1v) is 10.8. The minimum atomic E-state index is -0.178. The Morgan fingerprint density at radius 3 is 2.69 bits per heavy atom. The predicted octanol–water partition coefficient (Wildman–Crippen LogP) is 2.19. The van der Waals surface area contributed by atoms with Gasteiger partial charge in [-0.25, -0.2) is 0 Å². The Bertz CT molecular complexity index is 654. The van der Waals surface area contributed by atoms with Gasteiger partial charge in [0.15, 0.2) is 5.96 Å². The summed E-state index contributed by atoms with van der Waals surface area (Å²) in [4.78, 5) is 19.3. The van der Waals surface area contributed by atoms with Crippen molar-refractivity contribution in [1.82, 2.24) is 20.9 Å². The normalized spacial score (nSPS) is 16.1. The maximum atomic E-state index is 12.1. The number of nitrogens with one attached hydrogen (secondary N) is 3. The van der Waals surface area contributed by atoms with Crippen molar-refractivity contribution < 1.29 is 9.90 Å². The van der Waals surface area contributed by atoms with E-state index in [2.05, 4.69) is 46.6 Å². The van der Waals surface area contributed by atoms with Crippen molar-refractivity contribution in [3.05, 3.63) is 29.8 Å². The second-order valence-corrected chi connectivity index (χ2v) is 8.03. The van der Waals surface area contributed by atoms with Crippen molar-refractivity contribution in [2.24, 2.45) is 10.9 Å². The number of benzene rings is 1. The summed E-state index contributed by atoms with van der Waals surface area (Å²) in [7, 11) is 0. The quantitative estimate of drug-likeness (QED) is 0.288. The first-order valence-electron chi connectivity index (χ1n) is 10.8. The van der Waals surface area contributed by atoms with Gasteiger partial charge in [0.2, 0.25) is 0 Å². The third-order valence-electron chi connectivity index (χ3n) is 4.89. The molecular weight excluding hydrogens is 366 g/mol. The summed E-state index contributed by atoms with van der Waals surface area (Å²) in [5.41, 5.74) is 0.465. The van der Waals surface area contributed by atoms with E-state index in [0.29, 0.717) is 30.6 Å². The summed E-state index contributed by atoms with van der Waals surface area (Å²) < 4.78 is 0. The Balaban J connectivity index is 1.70. The lowest BCUT2D eigenvalue weighted by molar-refractivity contribution is 0.0953. The molecule has 29 heavy (non-hydrogen) atoms. The molecular formula is C22H37N5O2. The largest absolute Gasteiger partial charge is 0.508 e. The monoisotopic (exact) mass is 403 g/mol. The molecule has 0 spiro atoms. The number of hydrogen-bond donors (Lipinski definition) is 4. The second-order valence-electron chi connectivity index (χ2n) is 8.03. The molecule has 0 saturated carbocycles. The molecule has 0 unspecified atom stereocenters. The van der Waals surface area contributed by atoms with Gasteiger partial charge in [-0.3, -0.25) is 9.79 Å². The smallest absolute Gasteiger partial charge is 0.251 e. The molecule has 0 aliphatic carbocycles. The van der Waals surface area contributed by atoms with Crippen LogP contribution in [0.25, 0.3) is 0 Å². The van der Waals surface area contributed by atoms with E-state index in [-0.39, 0.29) is 11.7 Å². The van der Waals surface area contributed by atoms with E-state index >= 15 is 0 Å². The van der Waals surface area contributed by atoms with Crippen molar-refractivity contribution in [1.29, 1.82) is 0 Å². The molecule has 4 N–H and O–H groups in total. The van der Waals surface area contributed by atoms with Crippen molar-refractivity contribution in [2.45, 2.75) is 46.1 Å². The fourth-order valence-electron chi connectivity index (χ4n) is 3.51. The number of amides is 1. The van der Waals surface area contributed by atoms with Crippen LogP contribution in [0.2, 0.25) is 0 Å². The highest BCUT2D eigenvalue weighted by molar-refractivity contribution is 5.94. The van der Waals surface area contributed by atoms with Gasteiger partial charge in [-0.2, -0.15) is 0 Å². The van der Waals surface area contributed by atoms with Crippen LogP contribution in [-0.2, 0) is 0 Å². The summed E-state index contributed by atoms with van der Waals surface area (Å²) >= 11 is 0. The highest BCUT2D eigenvalue weighted by Gasteiger charge is 2.20. The molecule has 2 rings (SSSR count). The van der Waals surface area contributed by atoms with Gasteiger partial charge in [0.1, 0.15) is 5.75 Å². The van der Waals surface area contributed by atoms with Gasteiger partial charge in [-0.15, -0.1) is 0 Å². The zero-order valence-electron chi connectivity index (χ0n) is 18.1. The van der Waals surface area contributed by atoms with E-state index in [1.54, 1.807) is 18.2 Å². The zero-order valence-corrected chi connectivity index (χ0v) is 18.1. The van der Waals surface area contributed by atoms with Gasteiger partial charge in [0, 0.05) is 50.9 Å². The molecule has 1 saturated heterocycles. The highest BCUT2D eigenvalue weighted by atomic mass is 16.3. The van der Waals surface area contributed by atoms with E-state index in [1.807, 2.05) is 0 Å². The number of phenolic OH excluding ortho intramolecular Hbond substituents is 1. The molecule has 1 aromatic rings. The average molecular weight is 404 g/mol. The topological polar surface area (TPSA) is 89.0 Å². The maximum Gasteiger partial charge on any atom is 0.251 e. The lowest BCUT2D eigenvalue weighted by Crippen LogP contribution is -2.49. The van der Waals surface area contributed by atoms with Gasteiger partial charge in [0.05, 0.1) is 0 Å². The van der Waals surface area contributed by atoms with Crippen LogP contribution in [0.5, 0.6) is 5.75 Å². The number of rotatable bonds is 9. The fourth-order valence-corrected chi connectivity index (χ4v) is 3.51. The van der Waals surface area contributed by atoms with Crippen LogP contribution in [0.4, 0.5) is 0 Å². The number of nitrogens with zero attached hydrogens (tertiary/aromatic N) is 2. The minimum absolute atomic E-state index is 0.0960. The van der Waals surface area contributed by atoms with Gasteiger partial charge in [0.25, 0.3) is 5.91 Å². The summed E-state index contributed by atoms with van der Waals surface area (Å²) in [6.45, 7) is 12.1. The molecule has 162 valence electrons. The minimum Gasteiger partial charge on any atom is -0.508 e. The van der Waals surface area contributed by atoms with E-state index < -0.39 is 0 Å². The van der Waals surface area contributed by atoms with Crippen LogP contribution < -0.4 is 16.0 Å². The van der Waals surface area contributed by atoms with E-state index in [9.17, 15) is 9.90 Å². The van der Waals surface area contributed by atoms with Crippen molar-refractivity contribution in [2.75, 3.05) is 39.3 Å². The van der Waals surface area contributed by atoms with Crippen LogP contribution in [0.1, 0.15) is 50.4 Å². The molecule has 7 nitrogen and oxygen atoms in total. The standard InChI is InChI=1S/C22H37N5O2/c1-4-23-22(26-19-9-13-27(14-10-19)16-17(2)3)25-12-6-11-24-21(29)18-7-5-8-20(28)15-18/h5,7-8,15,17,19,28H,4,6,9-14,16H2,1-3H3,(H,24,29)(H2,23,25,26). The Kier molecular flexibility index (Phi) is 9.77. The lowest BCUT2D eigenvalue weighted by atomic mass is 10.0. The highest BCUT2D eigenvalue weighted by Crippen LogP contribution is 2.12. The molecule has 0 bridgehead atoms. The Morgan fingerprint density at radius 2 is 2.03 bits per heavy atom. The molecule has 0 atom stereocenters. The number of guanidine groups is 1. The zero-order chi connectivity index (χ0) is 21.1.